The van der Waals surface area contributed by atoms with Gasteiger partial charge >= 0.3 is 5.97 Å². The van der Waals surface area contributed by atoms with E-state index in [2.05, 4.69) is 18.7 Å². The number of hydrogen-bond acceptors (Lipinski definition) is 3. The topological polar surface area (TPSA) is 29.5 Å². The third-order valence-electron chi connectivity index (χ3n) is 3.24. The van der Waals surface area contributed by atoms with Crippen molar-refractivity contribution < 1.29 is 9.53 Å². The first-order valence-electron chi connectivity index (χ1n) is 6.00. The van der Waals surface area contributed by atoms with Crippen LogP contribution in [-0.4, -0.2) is 36.1 Å². The van der Waals surface area contributed by atoms with Crippen LogP contribution >= 0.6 is 0 Å². The zero-order chi connectivity index (χ0) is 11.4. The zero-order valence-corrected chi connectivity index (χ0v) is 10.3. The lowest BCUT2D eigenvalue weighted by Gasteiger charge is -2.31. The van der Waals surface area contributed by atoms with Crippen molar-refractivity contribution in [3.05, 3.63) is 0 Å². The van der Waals surface area contributed by atoms with E-state index >= 15 is 0 Å². The number of nitrogens with zero attached hydrogens (tertiary/aromatic N) is 1. The van der Waals surface area contributed by atoms with Crippen molar-refractivity contribution in [1.82, 2.24) is 4.90 Å². The molecule has 0 aromatic heterocycles. The molecule has 0 N–H and O–H groups in total. The minimum absolute atomic E-state index is 0.0787. The summed E-state index contributed by atoms with van der Waals surface area (Å²) in [7, 11) is 0. The van der Waals surface area contributed by atoms with Crippen LogP contribution in [0.5, 0.6) is 0 Å². The second-order valence-electron chi connectivity index (χ2n) is 4.62. The summed E-state index contributed by atoms with van der Waals surface area (Å²) in [5.41, 5.74) is 0. The normalized spacial score (nSPS) is 24.5. The average molecular weight is 213 g/mol. The maximum absolute atomic E-state index is 11.6. The van der Waals surface area contributed by atoms with Crippen LogP contribution in [0.2, 0.25) is 0 Å². The van der Waals surface area contributed by atoms with Crippen LogP contribution in [0.25, 0.3) is 0 Å². The lowest BCUT2D eigenvalue weighted by Crippen LogP contribution is -2.44. The van der Waals surface area contributed by atoms with Crippen molar-refractivity contribution in [3.8, 4) is 0 Å². The van der Waals surface area contributed by atoms with Gasteiger partial charge in [0.15, 0.2) is 0 Å². The summed E-state index contributed by atoms with van der Waals surface area (Å²) in [6.07, 6.45) is 2.41. The highest BCUT2D eigenvalue weighted by molar-refractivity contribution is 5.75. The van der Waals surface area contributed by atoms with E-state index < -0.39 is 0 Å². The fraction of sp³-hybridized carbons (Fsp3) is 0.917. The van der Waals surface area contributed by atoms with Gasteiger partial charge < -0.3 is 4.74 Å². The lowest BCUT2D eigenvalue weighted by molar-refractivity contribution is -0.149. The molecule has 1 saturated heterocycles. The molecule has 1 rings (SSSR count). The van der Waals surface area contributed by atoms with Crippen molar-refractivity contribution in [1.29, 1.82) is 0 Å². The summed E-state index contributed by atoms with van der Waals surface area (Å²) in [4.78, 5) is 13.9. The summed E-state index contributed by atoms with van der Waals surface area (Å²) in [6, 6.07) is 0.462. The molecule has 2 unspecified atom stereocenters. The molecule has 0 bridgehead atoms. The van der Waals surface area contributed by atoms with E-state index in [-0.39, 0.29) is 12.0 Å². The maximum atomic E-state index is 11.6. The summed E-state index contributed by atoms with van der Waals surface area (Å²) < 4.78 is 5.06. The van der Waals surface area contributed by atoms with Gasteiger partial charge in [0, 0.05) is 6.04 Å². The van der Waals surface area contributed by atoms with Crippen molar-refractivity contribution >= 4 is 5.97 Å². The molecule has 0 aromatic carbocycles. The van der Waals surface area contributed by atoms with Gasteiger partial charge in [0.1, 0.15) is 6.04 Å². The van der Waals surface area contributed by atoms with E-state index in [9.17, 15) is 4.79 Å². The van der Waals surface area contributed by atoms with E-state index in [0.717, 1.165) is 6.54 Å². The van der Waals surface area contributed by atoms with E-state index in [0.29, 0.717) is 18.6 Å². The number of carbonyl (C=O) groups excluding carboxylic acids is 1. The number of ether oxygens (including phenoxy) is 1. The molecule has 0 aromatic rings. The molecular formula is C12H23NO2. The van der Waals surface area contributed by atoms with Crippen LogP contribution in [0, 0.1) is 5.92 Å². The molecule has 0 spiro atoms. The zero-order valence-electron chi connectivity index (χ0n) is 10.3. The lowest BCUT2D eigenvalue weighted by atomic mass is 10.0. The summed E-state index contributed by atoms with van der Waals surface area (Å²) >= 11 is 0. The predicted octanol–water partition coefficient (Wildman–Crippen LogP) is 2.06. The van der Waals surface area contributed by atoms with Crippen LogP contribution in [0.3, 0.4) is 0 Å². The van der Waals surface area contributed by atoms with Crippen LogP contribution in [0.15, 0.2) is 0 Å². The standard InChI is InChI=1S/C12H23NO2/c1-5-15-12(14)10(4)13-8-6-7-11(13)9(2)3/h9-11H,5-8H2,1-4H3. The summed E-state index contributed by atoms with van der Waals surface area (Å²) in [5, 5.41) is 0. The molecule has 1 fully saturated rings. The average Bonchev–Trinajstić information content (AvgIpc) is 2.65. The van der Waals surface area contributed by atoms with Gasteiger partial charge in [0.25, 0.3) is 0 Å². The Bertz CT molecular complexity index is 216. The van der Waals surface area contributed by atoms with E-state index in [4.69, 9.17) is 4.74 Å². The summed E-state index contributed by atoms with van der Waals surface area (Å²) in [5.74, 6) is 0.537. The number of rotatable bonds is 4. The highest BCUT2D eigenvalue weighted by Gasteiger charge is 2.34. The first-order valence-corrected chi connectivity index (χ1v) is 6.00. The molecule has 3 nitrogen and oxygen atoms in total. The molecule has 0 saturated carbocycles. The number of esters is 1. The van der Waals surface area contributed by atoms with Crippen molar-refractivity contribution in [2.45, 2.75) is 52.6 Å². The molecule has 1 aliphatic rings. The highest BCUT2D eigenvalue weighted by Crippen LogP contribution is 2.26. The van der Waals surface area contributed by atoms with Crippen molar-refractivity contribution in [2.24, 2.45) is 5.92 Å². The highest BCUT2D eigenvalue weighted by atomic mass is 16.5. The van der Waals surface area contributed by atoms with E-state index in [1.807, 2.05) is 13.8 Å². The Labute approximate surface area is 92.8 Å². The van der Waals surface area contributed by atoms with Gasteiger partial charge in [-0.15, -0.1) is 0 Å². The second-order valence-corrected chi connectivity index (χ2v) is 4.62. The minimum Gasteiger partial charge on any atom is -0.465 e. The monoisotopic (exact) mass is 213 g/mol. The van der Waals surface area contributed by atoms with Crippen LogP contribution < -0.4 is 0 Å². The quantitative estimate of drug-likeness (QED) is 0.669. The molecule has 1 heterocycles. The van der Waals surface area contributed by atoms with Crippen LogP contribution in [-0.2, 0) is 9.53 Å². The van der Waals surface area contributed by atoms with Gasteiger partial charge in [-0.2, -0.15) is 0 Å². The third-order valence-corrected chi connectivity index (χ3v) is 3.24. The SMILES string of the molecule is CCOC(=O)C(C)N1CCCC1C(C)C. The first-order chi connectivity index (χ1) is 7.07. The molecule has 88 valence electrons. The predicted molar refractivity (Wildman–Crippen MR) is 60.7 cm³/mol. The van der Waals surface area contributed by atoms with Crippen molar-refractivity contribution in [2.75, 3.05) is 13.2 Å². The number of likely N-dealkylation sites (tertiary alicyclic amines) is 1. The largest absolute Gasteiger partial charge is 0.465 e. The Hall–Kier alpha value is -0.570. The Morgan fingerprint density at radius 3 is 2.67 bits per heavy atom. The van der Waals surface area contributed by atoms with E-state index in [1.165, 1.54) is 12.8 Å². The molecule has 0 aliphatic carbocycles. The van der Waals surface area contributed by atoms with Crippen LogP contribution in [0.1, 0.15) is 40.5 Å². The Morgan fingerprint density at radius 2 is 2.13 bits per heavy atom. The van der Waals surface area contributed by atoms with Gasteiger partial charge in [0.05, 0.1) is 6.61 Å². The maximum Gasteiger partial charge on any atom is 0.323 e. The van der Waals surface area contributed by atoms with Crippen molar-refractivity contribution in [3.63, 3.8) is 0 Å². The van der Waals surface area contributed by atoms with Gasteiger partial charge in [0.2, 0.25) is 0 Å². The molecule has 0 amide bonds. The third kappa shape index (κ3) is 2.94. The molecule has 1 aliphatic heterocycles. The van der Waals surface area contributed by atoms with E-state index in [1.54, 1.807) is 0 Å². The summed E-state index contributed by atoms with van der Waals surface area (Å²) in [6.45, 7) is 9.77. The minimum atomic E-state index is -0.0835. The molecule has 15 heavy (non-hydrogen) atoms. The molecule has 3 heteroatoms. The Morgan fingerprint density at radius 1 is 1.47 bits per heavy atom. The molecule has 0 radical (unpaired) electrons. The van der Waals surface area contributed by atoms with Crippen LogP contribution in [0.4, 0.5) is 0 Å². The molecular weight excluding hydrogens is 190 g/mol. The second kappa shape index (κ2) is 5.50. The van der Waals surface area contributed by atoms with Gasteiger partial charge in [-0.05, 0) is 39.2 Å². The first kappa shape index (κ1) is 12.5. The van der Waals surface area contributed by atoms with Gasteiger partial charge in [-0.25, -0.2) is 0 Å². The Kier molecular flexibility index (Phi) is 4.58. The van der Waals surface area contributed by atoms with Gasteiger partial charge in [-0.3, -0.25) is 9.69 Å². The fourth-order valence-electron chi connectivity index (χ4n) is 2.41. The van der Waals surface area contributed by atoms with Gasteiger partial charge in [-0.1, -0.05) is 13.8 Å². The molecule has 2 atom stereocenters. The Balaban J connectivity index is 2.57. The number of carbonyl (C=O) groups is 1. The number of hydrogen-bond donors (Lipinski definition) is 0. The smallest absolute Gasteiger partial charge is 0.323 e. The fourth-order valence-corrected chi connectivity index (χ4v) is 2.41.